The van der Waals surface area contributed by atoms with Crippen LogP contribution in [0, 0.1) is 0 Å². The predicted octanol–water partition coefficient (Wildman–Crippen LogP) is 0.845. The molecule has 0 atom stereocenters. The van der Waals surface area contributed by atoms with Gasteiger partial charge in [0.25, 0.3) is 0 Å². The summed E-state index contributed by atoms with van der Waals surface area (Å²) >= 11 is 0. The first-order valence-corrected chi connectivity index (χ1v) is 6.27. The minimum absolute atomic E-state index is 0.113. The molecule has 18 heavy (non-hydrogen) atoms. The van der Waals surface area contributed by atoms with Crippen LogP contribution >= 0.6 is 0 Å². The molecule has 0 spiro atoms. The van der Waals surface area contributed by atoms with Crippen molar-refractivity contribution in [3.8, 4) is 0 Å². The Bertz CT molecular complexity index is 390. The van der Waals surface area contributed by atoms with Gasteiger partial charge in [0.1, 0.15) is 5.82 Å². The van der Waals surface area contributed by atoms with Crippen LogP contribution in [0.4, 0.5) is 5.82 Å². The fraction of sp³-hybridized carbons (Fsp3) is 0.538. The zero-order chi connectivity index (χ0) is 13.5. The van der Waals surface area contributed by atoms with Crippen molar-refractivity contribution in [1.29, 1.82) is 0 Å². The largest absolute Gasteiger partial charge is 0.350 e. The molecule has 0 unspecified atom stereocenters. The lowest BCUT2D eigenvalue weighted by Gasteiger charge is -2.24. The molecule has 0 aromatic carbocycles. The first-order valence-electron chi connectivity index (χ1n) is 6.27. The lowest BCUT2D eigenvalue weighted by atomic mass is 10.3. The van der Waals surface area contributed by atoms with Gasteiger partial charge in [0, 0.05) is 26.7 Å². The SMILES string of the molecule is CCN(CC)C(=O)CN(C)c1cccc(CN)n1. The van der Waals surface area contributed by atoms with E-state index in [-0.39, 0.29) is 5.91 Å². The second-order valence-corrected chi connectivity index (χ2v) is 4.11. The van der Waals surface area contributed by atoms with E-state index in [1.165, 1.54) is 0 Å². The van der Waals surface area contributed by atoms with Gasteiger partial charge in [0.15, 0.2) is 0 Å². The van der Waals surface area contributed by atoms with Crippen LogP contribution in [0.15, 0.2) is 18.2 Å². The zero-order valence-corrected chi connectivity index (χ0v) is 11.4. The maximum atomic E-state index is 12.0. The van der Waals surface area contributed by atoms with E-state index in [2.05, 4.69) is 4.98 Å². The predicted molar refractivity (Wildman–Crippen MR) is 73.3 cm³/mol. The third-order valence-electron chi connectivity index (χ3n) is 2.88. The number of carbonyl (C=O) groups is 1. The quantitative estimate of drug-likeness (QED) is 0.813. The van der Waals surface area contributed by atoms with Gasteiger partial charge < -0.3 is 15.5 Å². The van der Waals surface area contributed by atoms with Crippen LogP contribution < -0.4 is 10.6 Å². The summed E-state index contributed by atoms with van der Waals surface area (Å²) in [5, 5.41) is 0. The maximum Gasteiger partial charge on any atom is 0.242 e. The maximum absolute atomic E-state index is 12.0. The number of carbonyl (C=O) groups excluding carboxylic acids is 1. The van der Waals surface area contributed by atoms with Crippen LogP contribution in [0.25, 0.3) is 0 Å². The van der Waals surface area contributed by atoms with E-state index in [9.17, 15) is 4.79 Å². The lowest BCUT2D eigenvalue weighted by molar-refractivity contribution is -0.129. The van der Waals surface area contributed by atoms with Crippen molar-refractivity contribution < 1.29 is 4.79 Å². The summed E-state index contributed by atoms with van der Waals surface area (Å²) in [5.74, 6) is 0.890. The second kappa shape index (κ2) is 6.96. The number of amides is 1. The Balaban J connectivity index is 2.69. The molecule has 5 heteroatoms. The van der Waals surface area contributed by atoms with Crippen molar-refractivity contribution >= 4 is 11.7 Å². The third kappa shape index (κ3) is 3.70. The van der Waals surface area contributed by atoms with Gasteiger partial charge in [-0.1, -0.05) is 6.07 Å². The Morgan fingerprint density at radius 3 is 2.56 bits per heavy atom. The number of hydrogen-bond acceptors (Lipinski definition) is 4. The van der Waals surface area contributed by atoms with E-state index in [4.69, 9.17) is 5.73 Å². The van der Waals surface area contributed by atoms with Gasteiger partial charge in [-0.2, -0.15) is 0 Å². The molecule has 2 N–H and O–H groups in total. The number of likely N-dealkylation sites (N-methyl/N-ethyl adjacent to an activating group) is 2. The fourth-order valence-electron chi connectivity index (χ4n) is 1.75. The van der Waals surface area contributed by atoms with Gasteiger partial charge in [-0.3, -0.25) is 4.79 Å². The Morgan fingerprint density at radius 1 is 1.33 bits per heavy atom. The standard InChI is InChI=1S/C13H22N4O/c1-4-17(5-2)13(18)10-16(3)12-8-6-7-11(9-14)15-12/h6-8H,4-5,9-10,14H2,1-3H3. The van der Waals surface area contributed by atoms with Crippen molar-refractivity contribution in [3.63, 3.8) is 0 Å². The van der Waals surface area contributed by atoms with Gasteiger partial charge in [-0.05, 0) is 26.0 Å². The van der Waals surface area contributed by atoms with E-state index in [1.807, 2.05) is 48.9 Å². The molecular weight excluding hydrogens is 228 g/mol. The van der Waals surface area contributed by atoms with Gasteiger partial charge >= 0.3 is 0 Å². The monoisotopic (exact) mass is 250 g/mol. The Morgan fingerprint density at radius 2 is 2.00 bits per heavy atom. The molecule has 1 rings (SSSR count). The van der Waals surface area contributed by atoms with E-state index >= 15 is 0 Å². The molecule has 0 radical (unpaired) electrons. The third-order valence-corrected chi connectivity index (χ3v) is 2.88. The van der Waals surface area contributed by atoms with Crippen molar-refractivity contribution in [2.45, 2.75) is 20.4 Å². The lowest BCUT2D eigenvalue weighted by Crippen LogP contribution is -2.39. The van der Waals surface area contributed by atoms with Gasteiger partial charge in [0.05, 0.1) is 12.2 Å². The second-order valence-electron chi connectivity index (χ2n) is 4.11. The summed E-state index contributed by atoms with van der Waals surface area (Å²) in [6.45, 7) is 6.18. The van der Waals surface area contributed by atoms with Crippen LogP contribution in [0.5, 0.6) is 0 Å². The first kappa shape index (κ1) is 14.4. The van der Waals surface area contributed by atoms with Crippen LogP contribution in [0.2, 0.25) is 0 Å². The number of anilines is 1. The van der Waals surface area contributed by atoms with Crippen LogP contribution in [0.3, 0.4) is 0 Å². The summed E-state index contributed by atoms with van der Waals surface area (Å²) in [5.41, 5.74) is 6.38. The molecule has 0 aliphatic heterocycles. The van der Waals surface area contributed by atoms with Crippen molar-refractivity contribution in [2.75, 3.05) is 31.6 Å². The highest BCUT2D eigenvalue weighted by Gasteiger charge is 2.13. The molecule has 100 valence electrons. The van der Waals surface area contributed by atoms with Gasteiger partial charge in [-0.15, -0.1) is 0 Å². The van der Waals surface area contributed by atoms with Crippen molar-refractivity contribution in [2.24, 2.45) is 5.73 Å². The molecule has 1 amide bonds. The van der Waals surface area contributed by atoms with Gasteiger partial charge in [-0.25, -0.2) is 4.98 Å². The first-order chi connectivity index (χ1) is 8.62. The summed E-state index contributed by atoms with van der Waals surface area (Å²) in [7, 11) is 1.87. The number of pyridine rings is 1. The minimum atomic E-state index is 0.113. The summed E-state index contributed by atoms with van der Waals surface area (Å²) < 4.78 is 0. The summed E-state index contributed by atoms with van der Waals surface area (Å²) in [6, 6.07) is 5.67. The topological polar surface area (TPSA) is 62.5 Å². The van der Waals surface area contributed by atoms with Crippen LogP contribution in [-0.4, -0.2) is 42.5 Å². The van der Waals surface area contributed by atoms with Crippen molar-refractivity contribution in [1.82, 2.24) is 9.88 Å². The number of hydrogen-bond donors (Lipinski definition) is 1. The highest BCUT2D eigenvalue weighted by Crippen LogP contribution is 2.09. The highest BCUT2D eigenvalue weighted by molar-refractivity contribution is 5.81. The number of aromatic nitrogens is 1. The van der Waals surface area contributed by atoms with E-state index in [0.717, 1.165) is 24.6 Å². The molecule has 1 heterocycles. The molecule has 1 aromatic rings. The fourth-order valence-corrected chi connectivity index (χ4v) is 1.75. The van der Waals surface area contributed by atoms with Crippen molar-refractivity contribution in [3.05, 3.63) is 23.9 Å². The normalized spacial score (nSPS) is 10.2. The Kier molecular flexibility index (Phi) is 5.58. The zero-order valence-electron chi connectivity index (χ0n) is 11.4. The average Bonchev–Trinajstić information content (AvgIpc) is 2.40. The summed E-state index contributed by atoms with van der Waals surface area (Å²) in [6.07, 6.45) is 0. The smallest absolute Gasteiger partial charge is 0.242 e. The molecule has 0 saturated carbocycles. The van der Waals surface area contributed by atoms with E-state index in [0.29, 0.717) is 13.1 Å². The molecule has 0 fully saturated rings. The molecule has 0 aliphatic carbocycles. The number of nitrogens with two attached hydrogens (primary N) is 1. The number of nitrogens with zero attached hydrogens (tertiary/aromatic N) is 3. The molecule has 1 aromatic heterocycles. The molecule has 0 aliphatic rings. The summed E-state index contributed by atoms with van der Waals surface area (Å²) in [4.78, 5) is 20.0. The molecule has 5 nitrogen and oxygen atoms in total. The Hall–Kier alpha value is -1.62. The molecule has 0 bridgehead atoms. The number of rotatable bonds is 6. The van der Waals surface area contributed by atoms with E-state index < -0.39 is 0 Å². The average molecular weight is 250 g/mol. The van der Waals surface area contributed by atoms with Crippen LogP contribution in [0.1, 0.15) is 19.5 Å². The Labute approximate surface area is 109 Å². The molecular formula is C13H22N4O. The van der Waals surface area contributed by atoms with E-state index in [1.54, 1.807) is 0 Å². The molecule has 0 saturated heterocycles. The van der Waals surface area contributed by atoms with Gasteiger partial charge in [0.2, 0.25) is 5.91 Å². The van der Waals surface area contributed by atoms with Crippen LogP contribution in [-0.2, 0) is 11.3 Å². The highest BCUT2D eigenvalue weighted by atomic mass is 16.2. The minimum Gasteiger partial charge on any atom is -0.350 e.